The number of Topliss-reactive ketones (excluding diaryl/α,β-unsaturated/α-hetero) is 2. The third kappa shape index (κ3) is 5.51. The van der Waals surface area contributed by atoms with Crippen molar-refractivity contribution in [3.63, 3.8) is 0 Å². The van der Waals surface area contributed by atoms with Gasteiger partial charge in [-0.05, 0) is 56.7 Å². The van der Waals surface area contributed by atoms with E-state index in [1.165, 1.54) is 6.92 Å². The Balaban J connectivity index is 1.89. The number of hydrogen-bond donors (Lipinski definition) is 0. The molecule has 2 aromatic rings. The SMILES string of the molecule is COc1ccc(C(=O)[C@@H](C)OC(=O)CCC(=O)c2cc(C)ccc2C)cc1. The van der Waals surface area contributed by atoms with E-state index in [-0.39, 0.29) is 24.4 Å². The molecule has 27 heavy (non-hydrogen) atoms. The lowest BCUT2D eigenvalue weighted by Crippen LogP contribution is -2.24. The molecule has 0 unspecified atom stereocenters. The van der Waals surface area contributed by atoms with Crippen LogP contribution in [0.5, 0.6) is 5.75 Å². The molecular weight excluding hydrogens is 344 g/mol. The topological polar surface area (TPSA) is 69.7 Å². The summed E-state index contributed by atoms with van der Waals surface area (Å²) in [4.78, 5) is 36.7. The minimum atomic E-state index is -0.915. The first-order valence-electron chi connectivity index (χ1n) is 8.80. The molecule has 5 nitrogen and oxygen atoms in total. The van der Waals surface area contributed by atoms with E-state index in [2.05, 4.69) is 0 Å². The number of carbonyl (C=O) groups excluding carboxylic acids is 3. The van der Waals surface area contributed by atoms with Crippen LogP contribution in [0.25, 0.3) is 0 Å². The number of esters is 1. The first-order valence-corrected chi connectivity index (χ1v) is 8.80. The van der Waals surface area contributed by atoms with Crippen molar-refractivity contribution in [2.24, 2.45) is 0 Å². The number of carbonyl (C=O) groups is 3. The van der Waals surface area contributed by atoms with Crippen molar-refractivity contribution in [2.75, 3.05) is 7.11 Å². The summed E-state index contributed by atoms with van der Waals surface area (Å²) in [6.07, 6.45) is -0.930. The second-order valence-corrected chi connectivity index (χ2v) is 6.47. The highest BCUT2D eigenvalue weighted by molar-refractivity contribution is 6.01. The van der Waals surface area contributed by atoms with Gasteiger partial charge in [-0.1, -0.05) is 17.7 Å². The molecule has 0 aliphatic rings. The van der Waals surface area contributed by atoms with Gasteiger partial charge in [0.1, 0.15) is 5.75 Å². The summed E-state index contributed by atoms with van der Waals surface area (Å²) < 4.78 is 10.2. The molecule has 142 valence electrons. The van der Waals surface area contributed by atoms with Gasteiger partial charge in [-0.25, -0.2) is 0 Å². The van der Waals surface area contributed by atoms with E-state index in [1.54, 1.807) is 31.4 Å². The van der Waals surface area contributed by atoms with Gasteiger partial charge in [0.2, 0.25) is 5.78 Å². The van der Waals surface area contributed by atoms with E-state index in [0.717, 1.165) is 11.1 Å². The molecule has 2 aromatic carbocycles. The van der Waals surface area contributed by atoms with Crippen molar-refractivity contribution in [1.82, 2.24) is 0 Å². The Morgan fingerprint density at radius 2 is 1.63 bits per heavy atom. The van der Waals surface area contributed by atoms with Crippen LogP contribution in [0.4, 0.5) is 0 Å². The van der Waals surface area contributed by atoms with Crippen molar-refractivity contribution < 1.29 is 23.9 Å². The molecule has 5 heteroatoms. The van der Waals surface area contributed by atoms with E-state index < -0.39 is 12.1 Å². The molecule has 0 saturated heterocycles. The molecular formula is C22H24O5. The van der Waals surface area contributed by atoms with Gasteiger partial charge in [-0.3, -0.25) is 14.4 Å². The van der Waals surface area contributed by atoms with Crippen LogP contribution in [0, 0.1) is 13.8 Å². The molecule has 0 aromatic heterocycles. The predicted octanol–water partition coefficient (Wildman–Crippen LogP) is 4.09. The molecule has 0 fully saturated rings. The summed E-state index contributed by atoms with van der Waals surface area (Å²) in [5.74, 6) is -0.335. The van der Waals surface area contributed by atoms with Crippen LogP contribution in [0.3, 0.4) is 0 Å². The third-order valence-electron chi connectivity index (χ3n) is 4.30. The van der Waals surface area contributed by atoms with Gasteiger partial charge in [0, 0.05) is 17.5 Å². The van der Waals surface area contributed by atoms with Crippen molar-refractivity contribution in [3.05, 3.63) is 64.7 Å². The van der Waals surface area contributed by atoms with E-state index in [9.17, 15) is 14.4 Å². The van der Waals surface area contributed by atoms with Gasteiger partial charge in [0.05, 0.1) is 13.5 Å². The molecule has 0 radical (unpaired) electrons. The van der Waals surface area contributed by atoms with Crippen LogP contribution in [-0.4, -0.2) is 30.7 Å². The lowest BCUT2D eigenvalue weighted by atomic mass is 9.99. The molecule has 0 amide bonds. The fourth-order valence-corrected chi connectivity index (χ4v) is 2.69. The number of benzene rings is 2. The van der Waals surface area contributed by atoms with Crippen LogP contribution in [0.15, 0.2) is 42.5 Å². The Hall–Kier alpha value is -2.95. The van der Waals surface area contributed by atoms with Gasteiger partial charge in [-0.15, -0.1) is 0 Å². The smallest absolute Gasteiger partial charge is 0.306 e. The molecule has 0 bridgehead atoms. The van der Waals surface area contributed by atoms with Gasteiger partial charge in [0.15, 0.2) is 11.9 Å². The van der Waals surface area contributed by atoms with Gasteiger partial charge < -0.3 is 9.47 Å². The number of methoxy groups -OCH3 is 1. The lowest BCUT2D eigenvalue weighted by molar-refractivity contribution is -0.146. The highest BCUT2D eigenvalue weighted by atomic mass is 16.5. The van der Waals surface area contributed by atoms with Crippen LogP contribution >= 0.6 is 0 Å². The fraction of sp³-hybridized carbons (Fsp3) is 0.318. The Bertz CT molecular complexity index is 836. The summed E-state index contributed by atoms with van der Waals surface area (Å²) in [7, 11) is 1.54. The Morgan fingerprint density at radius 1 is 0.963 bits per heavy atom. The summed E-state index contributed by atoms with van der Waals surface area (Å²) in [5, 5.41) is 0. The van der Waals surface area contributed by atoms with Gasteiger partial charge in [-0.2, -0.15) is 0 Å². The average molecular weight is 368 g/mol. The van der Waals surface area contributed by atoms with Crippen LogP contribution in [0.1, 0.15) is 51.6 Å². The minimum Gasteiger partial charge on any atom is -0.497 e. The molecule has 2 rings (SSSR count). The van der Waals surface area contributed by atoms with E-state index in [0.29, 0.717) is 16.9 Å². The van der Waals surface area contributed by atoms with Crippen molar-refractivity contribution in [1.29, 1.82) is 0 Å². The normalized spacial score (nSPS) is 11.6. The Labute approximate surface area is 159 Å². The number of aryl methyl sites for hydroxylation is 2. The van der Waals surface area contributed by atoms with Gasteiger partial charge in [0.25, 0.3) is 0 Å². The second-order valence-electron chi connectivity index (χ2n) is 6.47. The largest absolute Gasteiger partial charge is 0.497 e. The molecule has 0 heterocycles. The van der Waals surface area contributed by atoms with Crippen LogP contribution in [-0.2, 0) is 9.53 Å². The maximum Gasteiger partial charge on any atom is 0.306 e. The maximum atomic E-state index is 12.3. The zero-order valence-electron chi connectivity index (χ0n) is 16.1. The highest BCUT2D eigenvalue weighted by Crippen LogP contribution is 2.16. The zero-order valence-corrected chi connectivity index (χ0v) is 16.1. The van der Waals surface area contributed by atoms with Gasteiger partial charge >= 0.3 is 5.97 Å². The van der Waals surface area contributed by atoms with Crippen molar-refractivity contribution in [2.45, 2.75) is 39.7 Å². The quantitative estimate of drug-likeness (QED) is 0.518. The van der Waals surface area contributed by atoms with Crippen molar-refractivity contribution >= 4 is 17.5 Å². The Kier molecular flexibility index (Phi) is 6.88. The lowest BCUT2D eigenvalue weighted by Gasteiger charge is -2.13. The number of hydrogen-bond acceptors (Lipinski definition) is 5. The average Bonchev–Trinajstić information content (AvgIpc) is 2.67. The minimum absolute atomic E-state index is 0.0482. The number of rotatable bonds is 8. The van der Waals surface area contributed by atoms with E-state index in [1.807, 2.05) is 32.0 Å². The number of ketones is 2. The molecule has 0 spiro atoms. The summed E-state index contributed by atoms with van der Waals surface area (Å²) >= 11 is 0. The molecule has 0 N–H and O–H groups in total. The molecule has 0 aliphatic carbocycles. The third-order valence-corrected chi connectivity index (χ3v) is 4.30. The zero-order chi connectivity index (χ0) is 20.0. The molecule has 1 atom stereocenters. The van der Waals surface area contributed by atoms with Crippen LogP contribution in [0.2, 0.25) is 0 Å². The summed E-state index contributed by atoms with van der Waals surface area (Å²) in [6, 6.07) is 12.2. The van der Waals surface area contributed by atoms with E-state index in [4.69, 9.17) is 9.47 Å². The number of ether oxygens (including phenoxy) is 2. The fourth-order valence-electron chi connectivity index (χ4n) is 2.69. The maximum absolute atomic E-state index is 12.3. The molecule has 0 aliphatic heterocycles. The first kappa shape index (κ1) is 20.4. The van der Waals surface area contributed by atoms with Crippen LogP contribution < -0.4 is 4.74 Å². The standard InChI is InChI=1S/C22H24O5/c1-14-5-6-15(2)19(13-14)20(23)11-12-21(24)27-16(3)22(25)17-7-9-18(26-4)10-8-17/h5-10,13,16H,11-12H2,1-4H3/t16-/m1/s1. The summed E-state index contributed by atoms with van der Waals surface area (Å²) in [6.45, 7) is 5.30. The predicted molar refractivity (Wildman–Crippen MR) is 102 cm³/mol. The monoisotopic (exact) mass is 368 g/mol. The van der Waals surface area contributed by atoms with E-state index >= 15 is 0 Å². The summed E-state index contributed by atoms with van der Waals surface area (Å²) in [5.41, 5.74) is 2.92. The Morgan fingerprint density at radius 3 is 2.26 bits per heavy atom. The molecule has 0 saturated carbocycles. The first-order chi connectivity index (χ1) is 12.8. The second kappa shape index (κ2) is 9.12. The van der Waals surface area contributed by atoms with Crippen molar-refractivity contribution in [3.8, 4) is 5.75 Å². The highest BCUT2D eigenvalue weighted by Gasteiger charge is 2.20.